The Morgan fingerprint density at radius 2 is 2.36 bits per heavy atom. The summed E-state index contributed by atoms with van der Waals surface area (Å²) in [6.07, 6.45) is 1.57. The first-order chi connectivity index (χ1) is 5.36. The molecule has 1 rings (SSSR count). The van der Waals surface area contributed by atoms with Crippen molar-refractivity contribution in [2.45, 2.75) is 25.2 Å². The fourth-order valence-electron chi connectivity index (χ4n) is 1.13. The van der Waals surface area contributed by atoms with E-state index in [0.717, 1.165) is 12.8 Å². The monoisotopic (exact) mass is 161 g/mol. The summed E-state index contributed by atoms with van der Waals surface area (Å²) in [7, 11) is 0. The molecule has 1 aliphatic rings. The van der Waals surface area contributed by atoms with Gasteiger partial charge in [0.2, 0.25) is 0 Å². The van der Waals surface area contributed by atoms with E-state index in [1.165, 1.54) is 0 Å². The van der Waals surface area contributed by atoms with Crippen LogP contribution < -0.4 is 5.73 Å². The Kier molecular flexibility index (Phi) is 3.79. The van der Waals surface area contributed by atoms with Crippen LogP contribution in [0.15, 0.2) is 0 Å². The van der Waals surface area contributed by atoms with Crippen molar-refractivity contribution in [2.24, 2.45) is 5.73 Å². The van der Waals surface area contributed by atoms with Gasteiger partial charge in [0, 0.05) is 13.0 Å². The molecule has 2 atom stereocenters. The molecular weight excluding hydrogens is 146 g/mol. The summed E-state index contributed by atoms with van der Waals surface area (Å²) in [5.41, 5.74) is 5.24. The number of hydrogen-bond donors (Lipinski definition) is 2. The van der Waals surface area contributed by atoms with E-state index in [-0.39, 0.29) is 19.0 Å². The molecule has 1 aliphatic heterocycles. The largest absolute Gasteiger partial charge is 0.394 e. The highest BCUT2D eigenvalue weighted by atomic mass is 16.7. The van der Waals surface area contributed by atoms with Gasteiger partial charge < -0.3 is 20.3 Å². The number of hydrogen-bond acceptors (Lipinski definition) is 4. The molecule has 0 aromatic heterocycles. The van der Waals surface area contributed by atoms with Gasteiger partial charge in [-0.15, -0.1) is 0 Å². The van der Waals surface area contributed by atoms with Crippen molar-refractivity contribution in [3.05, 3.63) is 0 Å². The van der Waals surface area contributed by atoms with Gasteiger partial charge in [-0.2, -0.15) is 0 Å². The zero-order chi connectivity index (χ0) is 8.10. The van der Waals surface area contributed by atoms with Crippen molar-refractivity contribution >= 4 is 0 Å². The van der Waals surface area contributed by atoms with E-state index >= 15 is 0 Å². The van der Waals surface area contributed by atoms with Gasteiger partial charge in [-0.1, -0.05) is 0 Å². The Hall–Kier alpha value is -0.160. The third-order valence-electron chi connectivity index (χ3n) is 1.69. The highest BCUT2D eigenvalue weighted by Crippen LogP contribution is 2.19. The number of rotatable bonds is 4. The maximum absolute atomic E-state index is 8.70. The van der Waals surface area contributed by atoms with Gasteiger partial charge in [0.1, 0.15) is 0 Å². The highest BCUT2D eigenvalue weighted by molar-refractivity contribution is 4.66. The number of aliphatic hydroxyl groups is 1. The van der Waals surface area contributed by atoms with Crippen LogP contribution in [-0.2, 0) is 9.47 Å². The lowest BCUT2D eigenvalue weighted by Gasteiger charge is -2.11. The van der Waals surface area contributed by atoms with Crippen LogP contribution in [-0.4, -0.2) is 37.3 Å². The van der Waals surface area contributed by atoms with Crippen molar-refractivity contribution in [1.29, 1.82) is 0 Å². The summed E-state index contributed by atoms with van der Waals surface area (Å²) in [6, 6.07) is 0. The predicted molar refractivity (Wildman–Crippen MR) is 40.0 cm³/mol. The first-order valence-corrected chi connectivity index (χ1v) is 3.95. The van der Waals surface area contributed by atoms with E-state index in [2.05, 4.69) is 0 Å². The van der Waals surface area contributed by atoms with Crippen molar-refractivity contribution in [1.82, 2.24) is 0 Å². The molecule has 0 radical (unpaired) electrons. The highest BCUT2D eigenvalue weighted by Gasteiger charge is 2.24. The summed E-state index contributed by atoms with van der Waals surface area (Å²) < 4.78 is 10.5. The fraction of sp³-hybridized carbons (Fsp3) is 1.00. The average Bonchev–Trinajstić information content (AvgIpc) is 2.48. The molecule has 0 spiro atoms. The first kappa shape index (κ1) is 8.93. The standard InChI is InChI=1S/C7H15NO3/c8-3-4-10-7-2-1-6(5-9)11-7/h6-7,9H,1-5,8H2. The fourth-order valence-corrected chi connectivity index (χ4v) is 1.13. The lowest BCUT2D eigenvalue weighted by molar-refractivity contribution is -0.138. The molecule has 0 aromatic rings. The molecule has 1 saturated heterocycles. The molecule has 66 valence electrons. The van der Waals surface area contributed by atoms with Gasteiger partial charge in [-0.25, -0.2) is 0 Å². The molecule has 1 heterocycles. The SMILES string of the molecule is NCCOC1CCC(CO)O1. The number of ether oxygens (including phenoxy) is 2. The van der Waals surface area contributed by atoms with Gasteiger partial charge in [0.05, 0.1) is 19.3 Å². The van der Waals surface area contributed by atoms with E-state index in [4.69, 9.17) is 20.3 Å². The maximum Gasteiger partial charge on any atom is 0.158 e. The molecule has 4 heteroatoms. The molecular formula is C7H15NO3. The van der Waals surface area contributed by atoms with Crippen molar-refractivity contribution in [3.63, 3.8) is 0 Å². The summed E-state index contributed by atoms with van der Waals surface area (Å²) in [5.74, 6) is 0. The lowest BCUT2D eigenvalue weighted by atomic mass is 10.2. The van der Waals surface area contributed by atoms with Gasteiger partial charge in [0.15, 0.2) is 6.29 Å². The molecule has 0 aromatic carbocycles. The third-order valence-corrected chi connectivity index (χ3v) is 1.69. The second-order valence-corrected chi connectivity index (χ2v) is 2.61. The van der Waals surface area contributed by atoms with Crippen LogP contribution in [0.5, 0.6) is 0 Å². The minimum absolute atomic E-state index is 0.0298. The first-order valence-electron chi connectivity index (χ1n) is 3.95. The van der Waals surface area contributed by atoms with Crippen LogP contribution in [0.25, 0.3) is 0 Å². The van der Waals surface area contributed by atoms with Crippen molar-refractivity contribution in [2.75, 3.05) is 19.8 Å². The predicted octanol–water partition coefficient (Wildman–Crippen LogP) is -0.541. The van der Waals surface area contributed by atoms with Crippen LogP contribution in [0, 0.1) is 0 Å². The minimum atomic E-state index is -0.143. The summed E-state index contributed by atoms with van der Waals surface area (Å²) in [5, 5.41) is 8.70. The van der Waals surface area contributed by atoms with E-state index in [1.54, 1.807) is 0 Å². The second-order valence-electron chi connectivity index (χ2n) is 2.61. The Morgan fingerprint density at radius 3 is 2.91 bits per heavy atom. The molecule has 0 bridgehead atoms. The normalized spacial score (nSPS) is 31.1. The number of aliphatic hydroxyl groups excluding tert-OH is 1. The van der Waals surface area contributed by atoms with Crippen LogP contribution in [0.4, 0.5) is 0 Å². The molecule has 3 N–H and O–H groups in total. The topological polar surface area (TPSA) is 64.7 Å². The second kappa shape index (κ2) is 4.66. The Labute approximate surface area is 66.3 Å². The molecule has 4 nitrogen and oxygen atoms in total. The molecule has 1 fully saturated rings. The van der Waals surface area contributed by atoms with Gasteiger partial charge in [-0.3, -0.25) is 0 Å². The van der Waals surface area contributed by atoms with Crippen LogP contribution >= 0.6 is 0 Å². The van der Waals surface area contributed by atoms with Crippen molar-refractivity contribution in [3.8, 4) is 0 Å². The Bertz CT molecular complexity index is 110. The van der Waals surface area contributed by atoms with Crippen LogP contribution in [0.3, 0.4) is 0 Å². The molecule has 2 unspecified atom stereocenters. The zero-order valence-electron chi connectivity index (χ0n) is 6.53. The molecule has 0 aliphatic carbocycles. The summed E-state index contributed by atoms with van der Waals surface area (Å²) in [6.45, 7) is 1.13. The van der Waals surface area contributed by atoms with Crippen molar-refractivity contribution < 1.29 is 14.6 Å². The quantitative estimate of drug-likeness (QED) is 0.581. The van der Waals surface area contributed by atoms with Crippen LogP contribution in [0.1, 0.15) is 12.8 Å². The summed E-state index contributed by atoms with van der Waals surface area (Å²) >= 11 is 0. The summed E-state index contributed by atoms with van der Waals surface area (Å²) in [4.78, 5) is 0. The van der Waals surface area contributed by atoms with Crippen LogP contribution in [0.2, 0.25) is 0 Å². The smallest absolute Gasteiger partial charge is 0.158 e. The Balaban J connectivity index is 2.09. The maximum atomic E-state index is 8.70. The zero-order valence-corrected chi connectivity index (χ0v) is 6.53. The Morgan fingerprint density at radius 1 is 1.55 bits per heavy atom. The van der Waals surface area contributed by atoms with E-state index < -0.39 is 0 Å². The van der Waals surface area contributed by atoms with Gasteiger partial charge in [-0.05, 0) is 6.42 Å². The van der Waals surface area contributed by atoms with Gasteiger partial charge in [0.25, 0.3) is 0 Å². The van der Waals surface area contributed by atoms with E-state index in [9.17, 15) is 0 Å². The average molecular weight is 161 g/mol. The number of nitrogens with two attached hydrogens (primary N) is 1. The van der Waals surface area contributed by atoms with E-state index in [1.807, 2.05) is 0 Å². The van der Waals surface area contributed by atoms with E-state index in [0.29, 0.717) is 13.2 Å². The third kappa shape index (κ3) is 2.75. The molecule has 0 saturated carbocycles. The lowest BCUT2D eigenvalue weighted by Crippen LogP contribution is -2.20. The molecule has 11 heavy (non-hydrogen) atoms. The molecule has 0 amide bonds. The van der Waals surface area contributed by atoms with Gasteiger partial charge >= 0.3 is 0 Å². The minimum Gasteiger partial charge on any atom is -0.394 e.